The lowest BCUT2D eigenvalue weighted by molar-refractivity contribution is 0.247. The molecule has 0 heterocycles. The molecule has 0 radical (unpaired) electrons. The zero-order chi connectivity index (χ0) is 15.0. The molecule has 20 heavy (non-hydrogen) atoms. The molecule has 2 N–H and O–H groups in total. The smallest absolute Gasteiger partial charge is 0.244 e. The van der Waals surface area contributed by atoms with Gasteiger partial charge in [0.25, 0.3) is 0 Å². The van der Waals surface area contributed by atoms with Gasteiger partial charge in [0.2, 0.25) is 10.0 Å². The van der Waals surface area contributed by atoms with Crippen LogP contribution in [-0.4, -0.2) is 21.0 Å². The summed E-state index contributed by atoms with van der Waals surface area (Å²) in [5.74, 6) is -0.696. The van der Waals surface area contributed by atoms with E-state index in [1.807, 2.05) is 6.92 Å². The molecule has 112 valence electrons. The quantitative estimate of drug-likeness (QED) is 0.843. The maximum atomic E-state index is 14.4. The molecule has 4 nitrogen and oxygen atoms in total. The van der Waals surface area contributed by atoms with E-state index in [1.54, 1.807) is 13.1 Å². The Morgan fingerprint density at radius 1 is 1.40 bits per heavy atom. The molecule has 0 saturated heterocycles. The number of halogens is 2. The van der Waals surface area contributed by atoms with E-state index in [0.717, 1.165) is 19.3 Å². The Morgan fingerprint density at radius 2 is 2.05 bits per heavy atom. The average molecular weight is 365 g/mol. The zero-order valence-corrected chi connectivity index (χ0v) is 13.9. The largest absolute Gasteiger partial charge is 0.316 e. The summed E-state index contributed by atoms with van der Waals surface area (Å²) in [4.78, 5) is -0.301. The molecule has 1 aliphatic carbocycles. The van der Waals surface area contributed by atoms with Crippen molar-refractivity contribution in [2.24, 2.45) is 0 Å². The summed E-state index contributed by atoms with van der Waals surface area (Å²) in [5.41, 5.74) is -0.127. The van der Waals surface area contributed by atoms with Gasteiger partial charge >= 0.3 is 0 Å². The third-order valence-electron chi connectivity index (χ3n) is 3.57. The summed E-state index contributed by atoms with van der Waals surface area (Å²) < 4.78 is 42.3. The van der Waals surface area contributed by atoms with Crippen molar-refractivity contribution in [3.05, 3.63) is 28.0 Å². The number of sulfonamides is 1. The van der Waals surface area contributed by atoms with Crippen LogP contribution in [0.15, 0.2) is 21.5 Å². The topological polar surface area (TPSA) is 58.2 Å². The van der Waals surface area contributed by atoms with Crippen LogP contribution in [0.5, 0.6) is 0 Å². The molecule has 1 aromatic carbocycles. The Morgan fingerprint density at radius 3 is 2.55 bits per heavy atom. The van der Waals surface area contributed by atoms with Gasteiger partial charge in [-0.2, -0.15) is 0 Å². The van der Waals surface area contributed by atoms with Gasteiger partial charge in [0, 0.05) is 22.1 Å². The fraction of sp³-hybridized carbons (Fsp3) is 0.538. The second-order valence-electron chi connectivity index (χ2n) is 5.43. The number of hydrogen-bond acceptors (Lipinski definition) is 3. The molecule has 0 amide bonds. The molecular weight excluding hydrogens is 347 g/mol. The minimum absolute atomic E-state index is 0.269. The van der Waals surface area contributed by atoms with Gasteiger partial charge in [-0.3, -0.25) is 0 Å². The number of hydrogen-bond donors (Lipinski definition) is 2. The molecule has 0 aromatic heterocycles. The minimum Gasteiger partial charge on any atom is -0.316 e. The third kappa shape index (κ3) is 3.21. The lowest BCUT2D eigenvalue weighted by atomic mass is 9.80. The van der Waals surface area contributed by atoms with E-state index in [0.29, 0.717) is 10.0 Å². The van der Waals surface area contributed by atoms with Gasteiger partial charge in [0.15, 0.2) is 0 Å². The van der Waals surface area contributed by atoms with Crippen LogP contribution in [0.25, 0.3) is 0 Å². The van der Waals surface area contributed by atoms with Crippen LogP contribution in [0.4, 0.5) is 4.39 Å². The molecule has 0 unspecified atom stereocenters. The molecule has 2 rings (SSSR count). The Hall–Kier alpha value is -0.500. The van der Waals surface area contributed by atoms with Crippen molar-refractivity contribution in [2.45, 2.75) is 43.2 Å². The maximum Gasteiger partial charge on any atom is 0.244 e. The molecule has 0 atom stereocenters. The highest BCUT2D eigenvalue weighted by atomic mass is 79.9. The van der Waals surface area contributed by atoms with Crippen LogP contribution in [0.1, 0.15) is 31.7 Å². The molecule has 1 fully saturated rings. The molecule has 0 spiro atoms. The number of rotatable bonds is 5. The van der Waals surface area contributed by atoms with E-state index in [9.17, 15) is 12.8 Å². The predicted octanol–water partition coefficient (Wildman–Crippen LogP) is 2.53. The average Bonchev–Trinajstić information content (AvgIpc) is 2.31. The van der Waals surface area contributed by atoms with Gasteiger partial charge in [-0.05, 0) is 45.4 Å². The monoisotopic (exact) mass is 364 g/mol. The van der Waals surface area contributed by atoms with Crippen LogP contribution in [0.2, 0.25) is 0 Å². The second-order valence-corrected chi connectivity index (χ2v) is 7.99. The summed E-state index contributed by atoms with van der Waals surface area (Å²) >= 11 is 3.23. The summed E-state index contributed by atoms with van der Waals surface area (Å²) in [5, 5.41) is 2.83. The number of nitrogens with one attached hydrogen (secondary N) is 2. The van der Waals surface area contributed by atoms with Gasteiger partial charge in [-0.15, -0.1) is 0 Å². The lowest BCUT2D eigenvalue weighted by Crippen LogP contribution is -2.50. The molecule has 0 bridgehead atoms. The van der Waals surface area contributed by atoms with Crippen molar-refractivity contribution < 1.29 is 12.8 Å². The van der Waals surface area contributed by atoms with E-state index in [2.05, 4.69) is 26.0 Å². The molecule has 7 heteroatoms. The van der Waals surface area contributed by atoms with Gasteiger partial charge in [0.05, 0.1) is 0 Å². The predicted molar refractivity (Wildman–Crippen MR) is 79.4 cm³/mol. The highest BCUT2D eigenvalue weighted by Crippen LogP contribution is 2.33. The van der Waals surface area contributed by atoms with E-state index < -0.39 is 21.4 Å². The number of benzene rings is 1. The fourth-order valence-electron chi connectivity index (χ4n) is 2.32. The second kappa shape index (κ2) is 5.71. The summed E-state index contributed by atoms with van der Waals surface area (Å²) in [7, 11) is -2.17. The molecule has 1 aliphatic rings. The summed E-state index contributed by atoms with van der Waals surface area (Å²) in [6.07, 6.45) is 2.56. The first-order valence-electron chi connectivity index (χ1n) is 6.44. The van der Waals surface area contributed by atoms with Crippen molar-refractivity contribution in [3.8, 4) is 0 Å². The van der Waals surface area contributed by atoms with Crippen molar-refractivity contribution in [3.63, 3.8) is 0 Å². The zero-order valence-electron chi connectivity index (χ0n) is 11.5. The van der Waals surface area contributed by atoms with E-state index >= 15 is 0 Å². The van der Waals surface area contributed by atoms with Gasteiger partial charge in [0.1, 0.15) is 10.7 Å². The van der Waals surface area contributed by atoms with Crippen LogP contribution in [0.3, 0.4) is 0 Å². The molecule has 0 aliphatic heterocycles. The first-order chi connectivity index (χ1) is 9.27. The van der Waals surface area contributed by atoms with Crippen LogP contribution < -0.4 is 10.0 Å². The Bertz CT molecular complexity index is 615. The van der Waals surface area contributed by atoms with E-state index in [4.69, 9.17) is 0 Å². The molecular formula is C13H18BrFN2O2S. The van der Waals surface area contributed by atoms with Crippen LogP contribution >= 0.6 is 15.9 Å². The normalized spacial score (nSPS) is 17.8. The van der Waals surface area contributed by atoms with Crippen molar-refractivity contribution in [2.75, 3.05) is 7.05 Å². The summed E-state index contributed by atoms with van der Waals surface area (Å²) in [6.45, 7) is 2.11. The first-order valence-corrected chi connectivity index (χ1v) is 8.71. The van der Waals surface area contributed by atoms with Crippen LogP contribution in [-0.2, 0) is 16.6 Å². The highest BCUT2D eigenvalue weighted by molar-refractivity contribution is 9.10. The Labute approximate surface area is 127 Å². The lowest BCUT2D eigenvalue weighted by Gasteiger charge is -2.38. The fourth-order valence-corrected chi connectivity index (χ4v) is 4.59. The van der Waals surface area contributed by atoms with Crippen LogP contribution in [0, 0.1) is 5.82 Å². The maximum absolute atomic E-state index is 14.4. The molecule has 1 aromatic rings. The molecule has 1 saturated carbocycles. The minimum atomic E-state index is -3.86. The third-order valence-corrected chi connectivity index (χ3v) is 5.67. The van der Waals surface area contributed by atoms with Crippen molar-refractivity contribution >= 4 is 26.0 Å². The van der Waals surface area contributed by atoms with Crippen molar-refractivity contribution in [1.82, 2.24) is 10.0 Å². The van der Waals surface area contributed by atoms with Gasteiger partial charge in [-0.1, -0.05) is 15.9 Å². The Kier molecular flexibility index (Phi) is 4.53. The van der Waals surface area contributed by atoms with Gasteiger partial charge < -0.3 is 5.32 Å². The first kappa shape index (κ1) is 15.9. The SMILES string of the molecule is CNCc1cc(Br)cc(S(=O)(=O)NC2(C)CCC2)c1F. The summed E-state index contributed by atoms with van der Waals surface area (Å²) in [6, 6.07) is 2.88. The van der Waals surface area contributed by atoms with Gasteiger partial charge in [-0.25, -0.2) is 17.5 Å². The van der Waals surface area contributed by atoms with E-state index in [-0.39, 0.29) is 11.4 Å². The van der Waals surface area contributed by atoms with Crippen molar-refractivity contribution in [1.29, 1.82) is 0 Å². The standard InChI is InChI=1S/C13H18BrFN2O2S/c1-13(4-3-5-13)17-20(18,19)11-7-10(14)6-9(8-16-2)12(11)15/h6-7,16-17H,3-5,8H2,1-2H3. The highest BCUT2D eigenvalue weighted by Gasteiger charge is 2.37. The Balaban J connectivity index is 2.40. The van der Waals surface area contributed by atoms with E-state index in [1.165, 1.54) is 6.07 Å².